The number of hydrogen-bond donors (Lipinski definition) is 0. The molecule has 12 rings (SSSR count). The van der Waals surface area contributed by atoms with Crippen LogP contribution in [0.3, 0.4) is 0 Å². The monoisotopic (exact) mass is 742 g/mol. The minimum atomic E-state index is 0.824. The summed E-state index contributed by atoms with van der Waals surface area (Å²) in [7, 11) is 0. The van der Waals surface area contributed by atoms with Crippen LogP contribution in [0.15, 0.2) is 206 Å². The Morgan fingerprint density at radius 1 is 0.276 bits per heavy atom. The summed E-state index contributed by atoms with van der Waals surface area (Å²) in [6, 6.07) is 73.0. The molecule has 0 amide bonds. The summed E-state index contributed by atoms with van der Waals surface area (Å²) in [4.78, 5) is 4.64. The predicted molar refractivity (Wildman–Crippen MR) is 239 cm³/mol. The Balaban J connectivity index is 0.968. The van der Waals surface area contributed by atoms with Gasteiger partial charge in [0, 0.05) is 67.6 Å². The maximum atomic E-state index is 6.86. The van der Waals surface area contributed by atoms with Crippen molar-refractivity contribution in [2.45, 2.75) is 0 Å². The van der Waals surface area contributed by atoms with E-state index in [1.807, 2.05) is 0 Å². The lowest BCUT2D eigenvalue weighted by Crippen LogP contribution is -2.11. The molecule has 2 heterocycles. The number of hydrogen-bond acceptors (Lipinski definition) is 4. The van der Waals surface area contributed by atoms with E-state index in [2.05, 4.69) is 216 Å². The molecule has 10 aromatic rings. The second-order valence-corrected chi connectivity index (χ2v) is 14.9. The van der Waals surface area contributed by atoms with E-state index in [1.54, 1.807) is 0 Å². The van der Waals surface area contributed by atoms with Gasteiger partial charge in [-0.2, -0.15) is 0 Å². The number of nitrogens with zero attached hydrogens (tertiary/aromatic N) is 2. The van der Waals surface area contributed by atoms with Crippen molar-refractivity contribution in [2.24, 2.45) is 0 Å². The van der Waals surface area contributed by atoms with Gasteiger partial charge in [0.2, 0.25) is 0 Å². The standard InChI is InChI=1S/C54H34N2O2/c1-3-17-37(18-4-1)55(47-23-11-15-35-13-7-9-21-41(35)47)39-25-27-43-45-29-32-50-54-46(30-31-49(53(45)54)57-51(43)33-39)44-28-26-40(34-52(44)58-50)56(38-19-5-2-6-20-38)48-24-12-16-36-14-8-10-22-42(36)48/h1-34H. The molecule has 0 aliphatic carbocycles. The number of rotatable bonds is 6. The Kier molecular flexibility index (Phi) is 7.20. The van der Waals surface area contributed by atoms with Crippen molar-refractivity contribution in [1.29, 1.82) is 0 Å². The zero-order valence-corrected chi connectivity index (χ0v) is 31.3. The van der Waals surface area contributed by atoms with E-state index in [-0.39, 0.29) is 0 Å². The van der Waals surface area contributed by atoms with Gasteiger partial charge in [-0.05, 0) is 107 Å². The van der Waals surface area contributed by atoms with Gasteiger partial charge in [0.05, 0.1) is 11.4 Å². The molecule has 0 saturated carbocycles. The van der Waals surface area contributed by atoms with E-state index in [0.29, 0.717) is 0 Å². The zero-order chi connectivity index (χ0) is 38.2. The molecule has 58 heavy (non-hydrogen) atoms. The topological polar surface area (TPSA) is 24.9 Å². The zero-order valence-electron chi connectivity index (χ0n) is 31.3. The molecule has 272 valence electrons. The van der Waals surface area contributed by atoms with Gasteiger partial charge in [0.15, 0.2) is 0 Å². The first kappa shape index (κ1) is 32.4. The van der Waals surface area contributed by atoms with Crippen LogP contribution in [0.1, 0.15) is 0 Å². The third-order valence-electron chi connectivity index (χ3n) is 11.6. The first-order valence-electron chi connectivity index (χ1n) is 19.7. The molecule has 2 aliphatic heterocycles. The summed E-state index contributed by atoms with van der Waals surface area (Å²) < 4.78 is 13.7. The molecular formula is C54H34N2O2. The molecule has 2 aliphatic rings. The van der Waals surface area contributed by atoms with Gasteiger partial charge in [-0.3, -0.25) is 0 Å². The predicted octanol–water partition coefficient (Wildman–Crippen LogP) is 15.6. The highest BCUT2D eigenvalue weighted by Crippen LogP contribution is 2.56. The summed E-state index contributed by atoms with van der Waals surface area (Å²) in [6.45, 7) is 0. The fourth-order valence-corrected chi connectivity index (χ4v) is 9.02. The Bertz CT molecular complexity index is 3020. The number of anilines is 6. The second-order valence-electron chi connectivity index (χ2n) is 14.9. The molecule has 4 heteroatoms. The average molecular weight is 743 g/mol. The Labute approximate surface area is 336 Å². The van der Waals surface area contributed by atoms with Crippen LogP contribution in [-0.2, 0) is 0 Å². The lowest BCUT2D eigenvalue weighted by atomic mass is 9.88. The Hall–Kier alpha value is -7.82. The molecule has 0 fully saturated rings. The SMILES string of the molecule is c1ccc(N(c2ccc3c(c2)Oc2ccc4c5c(ccc-3c25)Oc2cc(N(c3ccccc3)c3cccc5ccccc35)ccc2-4)c2cccc3ccccc23)cc1. The lowest BCUT2D eigenvalue weighted by Gasteiger charge is -2.31. The van der Waals surface area contributed by atoms with Crippen molar-refractivity contribution in [3.05, 3.63) is 206 Å². The number of benzene rings is 10. The third-order valence-corrected chi connectivity index (χ3v) is 11.6. The number of ether oxygens (including phenoxy) is 2. The average Bonchev–Trinajstić information content (AvgIpc) is 3.28. The van der Waals surface area contributed by atoms with Gasteiger partial charge < -0.3 is 19.3 Å². The highest BCUT2D eigenvalue weighted by atomic mass is 16.5. The fourth-order valence-electron chi connectivity index (χ4n) is 9.02. The number of fused-ring (bicyclic) bond motifs is 6. The summed E-state index contributed by atoms with van der Waals surface area (Å²) in [6.07, 6.45) is 0. The normalized spacial score (nSPS) is 12.1. The summed E-state index contributed by atoms with van der Waals surface area (Å²) in [5.74, 6) is 3.30. The van der Waals surface area contributed by atoms with Crippen LogP contribution < -0.4 is 19.3 Å². The minimum absolute atomic E-state index is 0.824. The molecule has 0 radical (unpaired) electrons. The van der Waals surface area contributed by atoms with Crippen LogP contribution in [0.2, 0.25) is 0 Å². The Morgan fingerprint density at radius 3 is 1.14 bits per heavy atom. The van der Waals surface area contributed by atoms with Gasteiger partial charge >= 0.3 is 0 Å². The van der Waals surface area contributed by atoms with Gasteiger partial charge in [-0.1, -0.05) is 109 Å². The van der Waals surface area contributed by atoms with Crippen LogP contribution in [-0.4, -0.2) is 0 Å². The van der Waals surface area contributed by atoms with Gasteiger partial charge in [0.1, 0.15) is 23.0 Å². The van der Waals surface area contributed by atoms with E-state index in [0.717, 1.165) is 90.1 Å². The van der Waals surface area contributed by atoms with Crippen LogP contribution >= 0.6 is 0 Å². The molecule has 10 aromatic carbocycles. The fraction of sp³-hybridized carbons (Fsp3) is 0. The van der Waals surface area contributed by atoms with Gasteiger partial charge in [-0.15, -0.1) is 0 Å². The van der Waals surface area contributed by atoms with Gasteiger partial charge in [-0.25, -0.2) is 0 Å². The molecule has 0 atom stereocenters. The first-order chi connectivity index (χ1) is 28.8. The van der Waals surface area contributed by atoms with E-state index >= 15 is 0 Å². The molecule has 0 saturated heterocycles. The first-order valence-corrected chi connectivity index (χ1v) is 19.7. The summed E-state index contributed by atoms with van der Waals surface area (Å²) in [5.41, 5.74) is 10.8. The lowest BCUT2D eigenvalue weighted by molar-refractivity contribution is 0.480. The highest BCUT2D eigenvalue weighted by Gasteiger charge is 2.29. The maximum absolute atomic E-state index is 6.86. The van der Waals surface area contributed by atoms with Gasteiger partial charge in [0.25, 0.3) is 0 Å². The van der Waals surface area contributed by atoms with Crippen molar-refractivity contribution < 1.29 is 9.47 Å². The van der Waals surface area contributed by atoms with Crippen molar-refractivity contribution in [2.75, 3.05) is 9.80 Å². The van der Waals surface area contributed by atoms with Crippen LogP contribution in [0.4, 0.5) is 34.1 Å². The van der Waals surface area contributed by atoms with Crippen molar-refractivity contribution >= 4 is 66.4 Å². The van der Waals surface area contributed by atoms with Crippen LogP contribution in [0.5, 0.6) is 23.0 Å². The van der Waals surface area contributed by atoms with Crippen LogP contribution in [0.25, 0.3) is 54.6 Å². The molecule has 0 N–H and O–H groups in total. The van der Waals surface area contributed by atoms with Crippen LogP contribution in [0, 0.1) is 0 Å². The van der Waals surface area contributed by atoms with E-state index in [4.69, 9.17) is 9.47 Å². The van der Waals surface area contributed by atoms with Crippen molar-refractivity contribution in [3.63, 3.8) is 0 Å². The van der Waals surface area contributed by atoms with Crippen molar-refractivity contribution in [1.82, 2.24) is 0 Å². The summed E-state index contributed by atoms with van der Waals surface area (Å²) >= 11 is 0. The molecule has 4 nitrogen and oxygen atoms in total. The van der Waals surface area contributed by atoms with E-state index in [1.165, 1.54) is 21.5 Å². The molecule has 0 unspecified atom stereocenters. The quantitative estimate of drug-likeness (QED) is 0.169. The summed E-state index contributed by atoms with van der Waals surface area (Å²) in [5, 5.41) is 6.90. The second kappa shape index (κ2) is 12.9. The molecule has 0 spiro atoms. The van der Waals surface area contributed by atoms with E-state index in [9.17, 15) is 0 Å². The van der Waals surface area contributed by atoms with E-state index < -0.39 is 0 Å². The third kappa shape index (κ3) is 5.02. The minimum Gasteiger partial charge on any atom is -0.456 e. The molecule has 0 aromatic heterocycles. The van der Waals surface area contributed by atoms with Crippen molar-refractivity contribution in [3.8, 4) is 45.3 Å². The Morgan fingerprint density at radius 2 is 0.672 bits per heavy atom. The largest absolute Gasteiger partial charge is 0.456 e. The highest BCUT2D eigenvalue weighted by molar-refractivity contribution is 6.14. The number of para-hydroxylation sites is 2. The maximum Gasteiger partial charge on any atom is 0.137 e. The molecular weight excluding hydrogens is 709 g/mol. The smallest absolute Gasteiger partial charge is 0.137 e. The molecule has 0 bridgehead atoms.